The Kier molecular flexibility index (Phi) is 15.3. The molecule has 0 bridgehead atoms. The summed E-state index contributed by atoms with van der Waals surface area (Å²) in [6.45, 7) is 15.1. The minimum Gasteiger partial charge on any atom is -0.493 e. The van der Waals surface area contributed by atoms with E-state index in [9.17, 15) is 13.7 Å². The second-order valence-corrected chi connectivity index (χ2v) is 32.7. The summed E-state index contributed by atoms with van der Waals surface area (Å²) in [6, 6.07) is 37.8. The van der Waals surface area contributed by atoms with Crippen molar-refractivity contribution in [2.75, 3.05) is 19.6 Å². The molecule has 0 unspecified atom stereocenters. The zero-order valence-electron chi connectivity index (χ0n) is 103. The monoisotopic (exact) mass is 2110 g/mol. The Balaban J connectivity index is 0.000000200. The molecule has 6 heterocycles. The number of fused-ring (bicyclic) bond motifs is 8. The van der Waals surface area contributed by atoms with Crippen LogP contribution >= 0.6 is 0 Å². The van der Waals surface area contributed by atoms with E-state index in [2.05, 4.69) is 75.8 Å². The Hall–Kier alpha value is -14.3. The number of para-hydroxylation sites is 6. The van der Waals surface area contributed by atoms with E-state index in [1.54, 1.807) is 71.6 Å². The maximum Gasteiger partial charge on any atom is 0.254 e. The number of anilines is 8. The zero-order chi connectivity index (χ0) is 116. The summed E-state index contributed by atoms with van der Waals surface area (Å²) in [5, 5.41) is 2.93. The first-order valence-corrected chi connectivity index (χ1v) is 41.1. The van der Waals surface area contributed by atoms with Crippen LogP contribution in [0.3, 0.4) is 0 Å². The third-order valence-electron chi connectivity index (χ3n) is 22.7. The van der Waals surface area contributed by atoms with Gasteiger partial charge in [0.2, 0.25) is 0 Å². The smallest absolute Gasteiger partial charge is 0.254 e. The molecule has 0 N–H and O–H groups in total. The number of rotatable bonds is 16. The summed E-state index contributed by atoms with van der Waals surface area (Å²) in [4.78, 5) is 15.0. The van der Waals surface area contributed by atoms with E-state index in [1.165, 1.54) is 99.7 Å². The molecule has 0 radical (unpaired) electrons. The standard InChI is InChI=1S/2C59H43F2N4.2Pt/c2*1-58(2,3)44-32-33-62-56(38-44)65-52-27-14-13-26-48(52)49-31-30-46(37-55(49)65)59(60,61)45-24-17-25-47(36-45)63-39-64(54-29-16-15-28-53(54)63)57-50(41-20-9-5-10-21-41)34-43(40-18-7-4-8-19-40)35-51(57)42-22-11-6-12-23-42;;/h2*4-35,38-39H,1-3H3;;/q2*-3;;/i4D,5D,6D,7D,8D,9D,10D,11D,12D,18D,19D,20D,21D,22D,23D,34D,35D;4D,5D,6D,7D,8D,9D,10D,11D,12D,18D,19D,20D,21D,22D,23D;;. The molecule has 0 saturated heterocycles. The number of hydrogen-bond donors (Lipinski definition) is 0. The van der Waals surface area contributed by atoms with Crippen LogP contribution in [0.15, 0.2) is 400 Å². The largest absolute Gasteiger partial charge is 0.493 e. The molecule has 2 aliphatic heterocycles. The van der Waals surface area contributed by atoms with Crippen molar-refractivity contribution in [1.82, 2.24) is 19.1 Å². The van der Waals surface area contributed by atoms with E-state index in [0.29, 0.717) is 39.1 Å². The van der Waals surface area contributed by atoms with Gasteiger partial charge >= 0.3 is 0 Å². The fourth-order valence-electron chi connectivity index (χ4n) is 16.4. The molecule has 0 fully saturated rings. The van der Waals surface area contributed by atoms with Crippen LogP contribution in [-0.2, 0) is 64.8 Å². The summed E-state index contributed by atoms with van der Waals surface area (Å²) >= 11 is 0. The van der Waals surface area contributed by atoms with Crippen molar-refractivity contribution in [3.05, 3.63) is 471 Å². The van der Waals surface area contributed by atoms with Gasteiger partial charge in [0.05, 0.1) is 43.9 Å². The molecule has 22 rings (SSSR count). The number of halogens is 4. The van der Waals surface area contributed by atoms with Crippen LogP contribution in [0, 0.1) is 37.6 Å². The first-order chi connectivity index (χ1) is 76.5. The Bertz CT molecular complexity index is 9450. The van der Waals surface area contributed by atoms with Gasteiger partial charge in [0.25, 0.3) is 11.8 Å². The Morgan fingerprint density at radius 2 is 0.614 bits per heavy atom. The van der Waals surface area contributed by atoms with E-state index in [1.807, 2.05) is 77.4 Å². The number of aromatic nitrogens is 4. The molecule has 4 aromatic heterocycles. The molecule has 2 aliphatic rings. The SMILES string of the molecule is [2H]c1c([2H])c([2H])c(-c2c([2H])c(-c3c([2H])c([2H])c([2H])c([2H])c3[2H])c(N3[CH-]N(c4[c-]c(C(F)(F)c5[c-]c6c(cc5)c5ccccc5n6-c5cc(C(C)(C)C)ccn5)ccc4)c4ccccc43)c(-c3c([2H])c([2H])c([2H])c([2H])c3[2H])c2[2H])c([2H])c1[2H].[2H]c1c([2H])c([2H])c(-c2cc(-c3c([2H])c([2H])c([2H])c([2H])c3[2H])c(N3[CH-]N(c4[c-]c(C(F)(F)c5[c-]c6c(cc5)c5ccccc5n6-c5cc(C(C)(C)C)ccn5)ccc4)c4ccccc43)c(-c3c([2H])c([2H])c([2H])c([2H])c3[2H])c2)c([2H])c1[2H].[Pt].[Pt]. The predicted octanol–water partition coefficient (Wildman–Crippen LogP) is 31.2. The van der Waals surface area contributed by atoms with Crippen molar-refractivity contribution in [3.63, 3.8) is 0 Å². The minimum atomic E-state index is -3.78. The van der Waals surface area contributed by atoms with Crippen LogP contribution in [0.5, 0.6) is 0 Å². The summed E-state index contributed by atoms with van der Waals surface area (Å²) in [6.07, 6.45) is 3.37. The van der Waals surface area contributed by atoms with Gasteiger partial charge in [-0.25, -0.2) is 27.5 Å². The number of benzene rings is 16. The third-order valence-corrected chi connectivity index (χ3v) is 22.7. The molecule has 8 nitrogen and oxygen atoms in total. The average molecular weight is 2110 g/mol. The number of nitrogens with zero attached hydrogens (tertiary/aromatic N) is 8. The van der Waals surface area contributed by atoms with Crippen LogP contribution in [0.1, 0.15) is 119 Å². The summed E-state index contributed by atoms with van der Waals surface area (Å²) in [7, 11) is 0. The van der Waals surface area contributed by atoms with Crippen molar-refractivity contribution >= 4 is 89.1 Å². The van der Waals surface area contributed by atoms with Crippen molar-refractivity contribution < 1.29 is 104 Å². The van der Waals surface area contributed by atoms with Crippen LogP contribution in [0.2, 0.25) is 0 Å². The van der Waals surface area contributed by atoms with Crippen LogP contribution < -0.4 is 19.6 Å². The van der Waals surface area contributed by atoms with Gasteiger partial charge in [-0.3, -0.25) is 0 Å². The first kappa shape index (κ1) is 57.0. The van der Waals surface area contributed by atoms with E-state index < -0.39 is 283 Å². The molecule has 652 valence electrons. The molecule has 16 aromatic carbocycles. The van der Waals surface area contributed by atoms with Crippen molar-refractivity contribution in [2.24, 2.45) is 0 Å². The van der Waals surface area contributed by atoms with Gasteiger partial charge in [0.1, 0.15) is 11.6 Å². The number of alkyl halides is 4. The predicted molar refractivity (Wildman–Crippen MR) is 524 cm³/mol. The number of pyridine rings is 2. The molecule has 0 spiro atoms. The molecular weight excluding hydrogens is 2000 g/mol. The summed E-state index contributed by atoms with van der Waals surface area (Å²) < 4.78 is 359. The number of hydrogen-bond acceptors (Lipinski definition) is 6. The fraction of sp³-hybridized carbons (Fsp3) is 0.0847. The fourth-order valence-corrected chi connectivity index (χ4v) is 16.4. The first-order valence-electron chi connectivity index (χ1n) is 57.1. The summed E-state index contributed by atoms with van der Waals surface area (Å²) in [5.74, 6) is -6.49. The van der Waals surface area contributed by atoms with Gasteiger partial charge in [0, 0.05) is 122 Å². The van der Waals surface area contributed by atoms with Gasteiger partial charge in [-0.2, -0.15) is 72.8 Å². The van der Waals surface area contributed by atoms with E-state index >= 15 is 17.6 Å². The zero-order valence-corrected chi connectivity index (χ0v) is 75.1. The molecule has 20 aromatic rings. The van der Waals surface area contributed by atoms with Crippen LogP contribution in [-0.4, -0.2) is 19.1 Å². The second kappa shape index (κ2) is 35.5. The van der Waals surface area contributed by atoms with Crippen molar-refractivity contribution in [2.45, 2.75) is 64.2 Å². The summed E-state index contributed by atoms with van der Waals surface area (Å²) in [5.41, 5.74) is -4.48. The molecule has 0 saturated carbocycles. The molecule has 0 atom stereocenters. The molecule has 0 amide bonds. The van der Waals surface area contributed by atoms with Crippen LogP contribution in [0.4, 0.5) is 63.1 Å². The van der Waals surface area contributed by atoms with Crippen LogP contribution in [0.25, 0.3) is 122 Å². The van der Waals surface area contributed by atoms with Gasteiger partial charge < -0.3 is 28.7 Å². The molecule has 0 aliphatic carbocycles. The minimum absolute atomic E-state index is 0. The topological polar surface area (TPSA) is 48.6 Å². The van der Waals surface area contributed by atoms with Gasteiger partial charge in [-0.1, -0.05) is 317 Å². The average Bonchev–Trinajstić information content (AvgIpc) is 0.936. The third kappa shape index (κ3) is 16.1. The molecular formula is C118H86F4N8Pt2-6. The second-order valence-electron chi connectivity index (χ2n) is 32.7. The quantitative estimate of drug-likeness (QED) is 0.0710. The maximum atomic E-state index is 17.6. The Morgan fingerprint density at radius 1 is 0.295 bits per heavy atom. The van der Waals surface area contributed by atoms with Gasteiger partial charge in [0.15, 0.2) is 0 Å². The van der Waals surface area contributed by atoms with Gasteiger partial charge in [-0.15, -0.1) is 47.6 Å². The van der Waals surface area contributed by atoms with E-state index in [4.69, 9.17) is 30.2 Å². The van der Waals surface area contributed by atoms with Crippen molar-refractivity contribution in [1.29, 1.82) is 0 Å². The molecule has 14 heteroatoms. The Morgan fingerprint density at radius 3 is 0.985 bits per heavy atom. The molecule has 132 heavy (non-hydrogen) atoms. The maximum absolute atomic E-state index is 17.6. The van der Waals surface area contributed by atoms with Gasteiger partial charge in [-0.05, 0) is 162 Å². The van der Waals surface area contributed by atoms with Crippen molar-refractivity contribution in [3.8, 4) is 78.4 Å². The Labute approximate surface area is 840 Å². The van der Waals surface area contributed by atoms with E-state index in [0.717, 1.165) is 32.9 Å². The van der Waals surface area contributed by atoms with E-state index in [-0.39, 0.29) is 104 Å². The normalized spacial score (nSPS) is 16.1.